The highest BCUT2D eigenvalue weighted by atomic mass is 32.2. The summed E-state index contributed by atoms with van der Waals surface area (Å²) in [6.45, 7) is 4.96. The summed E-state index contributed by atoms with van der Waals surface area (Å²) in [7, 11) is 0. The van der Waals surface area contributed by atoms with Gasteiger partial charge < -0.3 is 9.73 Å². The van der Waals surface area contributed by atoms with E-state index < -0.39 is 0 Å². The van der Waals surface area contributed by atoms with Gasteiger partial charge in [0.15, 0.2) is 0 Å². The van der Waals surface area contributed by atoms with E-state index in [1.165, 1.54) is 11.8 Å². The van der Waals surface area contributed by atoms with E-state index in [1.54, 1.807) is 6.26 Å². The van der Waals surface area contributed by atoms with Gasteiger partial charge in [0.25, 0.3) is 5.22 Å². The SMILES string of the molecule is CCCNc1cccc(Sc2nc(C)co2)n1. The van der Waals surface area contributed by atoms with Crippen LogP contribution in [0, 0.1) is 6.92 Å². The van der Waals surface area contributed by atoms with Gasteiger partial charge in [0.1, 0.15) is 17.1 Å². The van der Waals surface area contributed by atoms with E-state index >= 15 is 0 Å². The molecule has 0 radical (unpaired) electrons. The molecule has 0 aliphatic heterocycles. The molecule has 2 heterocycles. The van der Waals surface area contributed by atoms with Crippen molar-refractivity contribution in [2.24, 2.45) is 0 Å². The second-order valence-electron chi connectivity index (χ2n) is 3.64. The normalized spacial score (nSPS) is 10.5. The van der Waals surface area contributed by atoms with E-state index in [4.69, 9.17) is 4.42 Å². The third-order valence-corrected chi connectivity index (χ3v) is 2.87. The molecule has 2 aromatic rings. The van der Waals surface area contributed by atoms with Crippen LogP contribution in [-0.4, -0.2) is 16.5 Å². The van der Waals surface area contributed by atoms with Gasteiger partial charge in [-0.25, -0.2) is 9.97 Å². The Bertz CT molecular complexity index is 484. The molecule has 0 saturated carbocycles. The fourth-order valence-electron chi connectivity index (χ4n) is 1.29. The minimum atomic E-state index is 0.627. The first-order valence-corrected chi connectivity index (χ1v) is 6.40. The molecule has 0 bridgehead atoms. The van der Waals surface area contributed by atoms with Crippen LogP contribution in [0.5, 0.6) is 0 Å². The molecule has 90 valence electrons. The van der Waals surface area contributed by atoms with Crippen molar-refractivity contribution in [3.63, 3.8) is 0 Å². The molecular weight excluding hydrogens is 234 g/mol. The van der Waals surface area contributed by atoms with Crippen LogP contribution in [0.2, 0.25) is 0 Å². The first kappa shape index (κ1) is 12.0. The molecule has 0 aliphatic carbocycles. The molecule has 0 spiro atoms. The molecule has 4 nitrogen and oxygen atoms in total. The smallest absolute Gasteiger partial charge is 0.262 e. The Morgan fingerprint density at radius 2 is 2.24 bits per heavy atom. The highest BCUT2D eigenvalue weighted by Gasteiger charge is 2.05. The van der Waals surface area contributed by atoms with E-state index in [0.717, 1.165) is 29.5 Å². The van der Waals surface area contributed by atoms with Gasteiger partial charge in [0.05, 0.1) is 5.69 Å². The number of anilines is 1. The molecule has 1 N–H and O–H groups in total. The summed E-state index contributed by atoms with van der Waals surface area (Å²) in [6.07, 6.45) is 2.72. The number of aryl methyl sites for hydroxylation is 1. The summed E-state index contributed by atoms with van der Waals surface area (Å²) < 4.78 is 5.28. The van der Waals surface area contributed by atoms with Crippen LogP contribution in [0.1, 0.15) is 19.0 Å². The predicted molar refractivity (Wildman–Crippen MR) is 68.4 cm³/mol. The molecule has 2 rings (SSSR count). The van der Waals surface area contributed by atoms with Crippen molar-refractivity contribution < 1.29 is 4.42 Å². The van der Waals surface area contributed by atoms with Crippen LogP contribution in [-0.2, 0) is 0 Å². The maximum Gasteiger partial charge on any atom is 0.262 e. The highest BCUT2D eigenvalue weighted by molar-refractivity contribution is 7.99. The number of rotatable bonds is 5. The van der Waals surface area contributed by atoms with E-state index in [1.807, 2.05) is 25.1 Å². The van der Waals surface area contributed by atoms with E-state index in [-0.39, 0.29) is 0 Å². The van der Waals surface area contributed by atoms with Crippen LogP contribution in [0.15, 0.2) is 39.1 Å². The summed E-state index contributed by atoms with van der Waals surface area (Å²) in [4.78, 5) is 8.70. The lowest BCUT2D eigenvalue weighted by molar-refractivity contribution is 0.454. The molecule has 0 unspecified atom stereocenters. The van der Waals surface area contributed by atoms with Crippen molar-refractivity contribution in [2.75, 3.05) is 11.9 Å². The lowest BCUT2D eigenvalue weighted by atomic mass is 10.4. The molecule has 0 atom stereocenters. The van der Waals surface area contributed by atoms with Gasteiger partial charge in [-0.1, -0.05) is 13.0 Å². The number of aromatic nitrogens is 2. The Kier molecular flexibility index (Phi) is 4.03. The van der Waals surface area contributed by atoms with E-state index in [0.29, 0.717) is 5.22 Å². The van der Waals surface area contributed by atoms with E-state index in [2.05, 4.69) is 22.2 Å². The van der Waals surface area contributed by atoms with Gasteiger partial charge >= 0.3 is 0 Å². The first-order valence-electron chi connectivity index (χ1n) is 5.59. The average molecular weight is 249 g/mol. The zero-order chi connectivity index (χ0) is 12.1. The maximum absolute atomic E-state index is 5.28. The maximum atomic E-state index is 5.28. The van der Waals surface area contributed by atoms with Crippen molar-refractivity contribution in [2.45, 2.75) is 30.5 Å². The Morgan fingerprint density at radius 1 is 1.35 bits per heavy atom. The van der Waals surface area contributed by atoms with E-state index in [9.17, 15) is 0 Å². The molecule has 0 fully saturated rings. The topological polar surface area (TPSA) is 51.0 Å². The van der Waals surface area contributed by atoms with Gasteiger partial charge in [0.2, 0.25) is 0 Å². The van der Waals surface area contributed by atoms with Crippen molar-refractivity contribution in [1.82, 2.24) is 9.97 Å². The zero-order valence-electron chi connectivity index (χ0n) is 9.93. The standard InChI is InChI=1S/C12H15N3OS/c1-3-7-13-10-5-4-6-11(15-10)17-12-14-9(2)8-16-12/h4-6,8H,3,7H2,1-2H3,(H,13,15). The van der Waals surface area contributed by atoms with Gasteiger partial charge in [-0.05, 0) is 37.2 Å². The molecule has 0 amide bonds. The highest BCUT2D eigenvalue weighted by Crippen LogP contribution is 2.25. The zero-order valence-corrected chi connectivity index (χ0v) is 10.8. The largest absolute Gasteiger partial charge is 0.439 e. The van der Waals surface area contributed by atoms with Gasteiger partial charge in [-0.15, -0.1) is 0 Å². The van der Waals surface area contributed by atoms with Crippen molar-refractivity contribution in [3.05, 3.63) is 30.2 Å². The van der Waals surface area contributed by atoms with Crippen molar-refractivity contribution in [3.8, 4) is 0 Å². The third-order valence-electron chi connectivity index (χ3n) is 2.07. The number of hydrogen-bond acceptors (Lipinski definition) is 5. The Morgan fingerprint density at radius 3 is 2.94 bits per heavy atom. The molecule has 0 aliphatic rings. The van der Waals surface area contributed by atoms with Crippen LogP contribution in [0.25, 0.3) is 0 Å². The van der Waals surface area contributed by atoms with Crippen molar-refractivity contribution >= 4 is 17.6 Å². The third kappa shape index (κ3) is 3.49. The van der Waals surface area contributed by atoms with Crippen molar-refractivity contribution in [1.29, 1.82) is 0 Å². The molecule has 2 aromatic heterocycles. The van der Waals surface area contributed by atoms with Gasteiger partial charge in [0, 0.05) is 6.54 Å². The Labute approximate surface area is 105 Å². The molecule has 17 heavy (non-hydrogen) atoms. The van der Waals surface area contributed by atoms with Crippen LogP contribution in [0.3, 0.4) is 0 Å². The number of hydrogen-bond donors (Lipinski definition) is 1. The molecule has 5 heteroatoms. The Balaban J connectivity index is 2.05. The Hall–Kier alpha value is -1.49. The number of nitrogens with one attached hydrogen (secondary N) is 1. The molecular formula is C12H15N3OS. The summed E-state index contributed by atoms with van der Waals surface area (Å²) in [5.41, 5.74) is 0.882. The lowest BCUT2D eigenvalue weighted by Crippen LogP contribution is -2.01. The quantitative estimate of drug-likeness (QED) is 0.880. The monoisotopic (exact) mass is 249 g/mol. The second-order valence-corrected chi connectivity index (χ2v) is 4.62. The lowest BCUT2D eigenvalue weighted by Gasteiger charge is -2.04. The summed E-state index contributed by atoms with van der Waals surface area (Å²) in [5, 5.41) is 4.76. The van der Waals surface area contributed by atoms with Gasteiger partial charge in [-0.2, -0.15) is 0 Å². The number of nitrogens with zero attached hydrogens (tertiary/aromatic N) is 2. The minimum Gasteiger partial charge on any atom is -0.439 e. The first-order chi connectivity index (χ1) is 8.28. The second kappa shape index (κ2) is 5.72. The molecule has 0 aromatic carbocycles. The van der Waals surface area contributed by atoms with Crippen LogP contribution >= 0.6 is 11.8 Å². The van der Waals surface area contributed by atoms with Crippen LogP contribution < -0.4 is 5.32 Å². The fraction of sp³-hybridized carbons (Fsp3) is 0.333. The van der Waals surface area contributed by atoms with Gasteiger partial charge in [-0.3, -0.25) is 0 Å². The van der Waals surface area contributed by atoms with Crippen LogP contribution in [0.4, 0.5) is 5.82 Å². The minimum absolute atomic E-state index is 0.627. The molecule has 0 saturated heterocycles. The average Bonchev–Trinajstić information content (AvgIpc) is 2.73. The number of oxazole rings is 1. The summed E-state index contributed by atoms with van der Waals surface area (Å²) in [5.74, 6) is 0.889. The summed E-state index contributed by atoms with van der Waals surface area (Å²) >= 11 is 1.43. The summed E-state index contributed by atoms with van der Waals surface area (Å²) in [6, 6.07) is 5.88. The fourth-order valence-corrected chi connectivity index (χ4v) is 2.05. The number of pyridine rings is 1. The predicted octanol–water partition coefficient (Wildman–Crippen LogP) is 3.35.